The lowest BCUT2D eigenvalue weighted by atomic mass is 9.59. The maximum Gasteiger partial charge on any atom is -0.0176 e. The predicted molar refractivity (Wildman–Crippen MR) is 64.5 cm³/mol. The molecule has 15 heavy (non-hydrogen) atoms. The van der Waals surface area contributed by atoms with E-state index in [0.717, 1.165) is 17.8 Å². The van der Waals surface area contributed by atoms with Crippen LogP contribution in [0.25, 0.3) is 0 Å². The lowest BCUT2D eigenvalue weighted by Gasteiger charge is -2.46. The Hall–Kier alpha value is 0. The zero-order chi connectivity index (χ0) is 10.1. The van der Waals surface area contributed by atoms with E-state index in [4.69, 9.17) is 0 Å². The normalized spacial score (nSPS) is 35.6. The molecule has 0 aromatic heterocycles. The second kappa shape index (κ2) is 4.47. The quantitative estimate of drug-likeness (QED) is 0.610. The van der Waals surface area contributed by atoms with Gasteiger partial charge in [-0.25, -0.2) is 0 Å². The van der Waals surface area contributed by atoms with E-state index in [1.807, 2.05) is 5.92 Å². The van der Waals surface area contributed by atoms with Crippen molar-refractivity contribution in [2.75, 3.05) is 0 Å². The molecule has 3 rings (SSSR count). The third kappa shape index (κ3) is 1.97. The molecule has 3 aliphatic rings. The Kier molecular flexibility index (Phi) is 3.03. The molecule has 3 saturated carbocycles. The monoisotopic (exact) mass is 205 g/mol. The summed E-state index contributed by atoms with van der Waals surface area (Å²) in [4.78, 5) is 0. The third-order valence-corrected chi connectivity index (χ3v) is 5.32. The van der Waals surface area contributed by atoms with Crippen molar-refractivity contribution in [2.45, 2.75) is 70.6 Å². The zero-order valence-corrected chi connectivity index (χ0v) is 10.0. The number of hydrogen-bond donors (Lipinski definition) is 0. The molecule has 0 heteroatoms. The molecule has 1 radical (unpaired) electrons. The van der Waals surface area contributed by atoms with Crippen molar-refractivity contribution in [3.63, 3.8) is 0 Å². The van der Waals surface area contributed by atoms with Crippen molar-refractivity contribution in [2.24, 2.45) is 17.8 Å². The zero-order valence-electron chi connectivity index (χ0n) is 10.0. The Bertz CT molecular complexity index is 196. The summed E-state index contributed by atoms with van der Waals surface area (Å²) in [5, 5.41) is 0. The van der Waals surface area contributed by atoms with E-state index >= 15 is 0 Å². The predicted octanol–water partition coefficient (Wildman–Crippen LogP) is 4.74. The summed E-state index contributed by atoms with van der Waals surface area (Å²) < 4.78 is 0. The van der Waals surface area contributed by atoms with E-state index in [0.29, 0.717) is 0 Å². The van der Waals surface area contributed by atoms with Gasteiger partial charge in [-0.15, -0.1) is 0 Å². The maximum absolute atomic E-state index is 2.03. The summed E-state index contributed by atoms with van der Waals surface area (Å²) >= 11 is 0. The molecule has 1 unspecified atom stereocenters. The molecule has 0 saturated heterocycles. The highest BCUT2D eigenvalue weighted by Crippen LogP contribution is 2.53. The van der Waals surface area contributed by atoms with Gasteiger partial charge in [0, 0.05) is 0 Å². The molecule has 3 aliphatic carbocycles. The van der Waals surface area contributed by atoms with Gasteiger partial charge in [-0.1, -0.05) is 44.9 Å². The van der Waals surface area contributed by atoms with Crippen LogP contribution in [0.5, 0.6) is 0 Å². The minimum absolute atomic E-state index is 1.07. The van der Waals surface area contributed by atoms with E-state index in [-0.39, 0.29) is 0 Å². The number of rotatable bonds is 2. The SMILES string of the molecule is C1CCC([C]2CCC2C2CCCC2)CC1. The number of hydrogen-bond acceptors (Lipinski definition) is 0. The first-order valence-electron chi connectivity index (χ1n) is 7.31. The van der Waals surface area contributed by atoms with Crippen molar-refractivity contribution in [3.05, 3.63) is 5.92 Å². The Morgan fingerprint density at radius 2 is 1.33 bits per heavy atom. The first-order chi connectivity index (χ1) is 7.45. The van der Waals surface area contributed by atoms with E-state index in [1.165, 1.54) is 38.5 Å². The third-order valence-electron chi connectivity index (χ3n) is 5.32. The van der Waals surface area contributed by atoms with Gasteiger partial charge in [-0.05, 0) is 49.4 Å². The van der Waals surface area contributed by atoms with Crippen molar-refractivity contribution in [1.29, 1.82) is 0 Å². The average Bonchev–Trinajstić information content (AvgIpc) is 2.71. The second-order valence-electron chi connectivity index (χ2n) is 6.10. The average molecular weight is 205 g/mol. The molecule has 1 atom stereocenters. The van der Waals surface area contributed by atoms with Crippen molar-refractivity contribution in [1.82, 2.24) is 0 Å². The van der Waals surface area contributed by atoms with Crippen LogP contribution in [0.2, 0.25) is 0 Å². The van der Waals surface area contributed by atoms with Gasteiger partial charge in [0.25, 0.3) is 0 Å². The topological polar surface area (TPSA) is 0 Å². The first kappa shape index (κ1) is 10.2. The van der Waals surface area contributed by atoms with Crippen molar-refractivity contribution < 1.29 is 0 Å². The summed E-state index contributed by atoms with van der Waals surface area (Å²) in [7, 11) is 0. The lowest BCUT2D eigenvalue weighted by molar-refractivity contribution is 0.175. The molecular formula is C15H25. The molecule has 0 heterocycles. The molecular weight excluding hydrogens is 180 g/mol. The molecule has 0 bridgehead atoms. The fraction of sp³-hybridized carbons (Fsp3) is 0.933. The first-order valence-corrected chi connectivity index (χ1v) is 7.31. The van der Waals surface area contributed by atoms with E-state index in [2.05, 4.69) is 0 Å². The van der Waals surface area contributed by atoms with Crippen LogP contribution in [0.4, 0.5) is 0 Å². The van der Waals surface area contributed by atoms with E-state index < -0.39 is 0 Å². The molecule has 0 spiro atoms. The fourth-order valence-electron chi connectivity index (χ4n) is 4.36. The molecule has 3 fully saturated rings. The Labute approximate surface area is 94.8 Å². The maximum atomic E-state index is 2.03. The second-order valence-corrected chi connectivity index (χ2v) is 6.10. The van der Waals surface area contributed by atoms with Crippen LogP contribution in [0, 0.1) is 23.7 Å². The van der Waals surface area contributed by atoms with Crippen LogP contribution < -0.4 is 0 Å². The fourth-order valence-corrected chi connectivity index (χ4v) is 4.36. The van der Waals surface area contributed by atoms with Crippen LogP contribution in [0.1, 0.15) is 70.6 Å². The highest BCUT2D eigenvalue weighted by molar-refractivity contribution is 5.12. The lowest BCUT2D eigenvalue weighted by Crippen LogP contribution is -2.35. The summed E-state index contributed by atoms with van der Waals surface area (Å²) in [5.41, 5.74) is 0. The molecule has 0 aromatic rings. The van der Waals surface area contributed by atoms with Gasteiger partial charge >= 0.3 is 0 Å². The standard InChI is InChI=1S/C15H25/c1-2-6-12(7-3-1)14-10-11-15(14)13-8-4-5-9-13/h12-13,15H,1-11H2. The molecule has 85 valence electrons. The molecule has 0 aromatic carbocycles. The Morgan fingerprint density at radius 1 is 0.667 bits per heavy atom. The van der Waals surface area contributed by atoms with E-state index in [1.54, 1.807) is 32.1 Å². The van der Waals surface area contributed by atoms with Gasteiger partial charge in [-0.2, -0.15) is 0 Å². The molecule has 0 aliphatic heterocycles. The Morgan fingerprint density at radius 3 is 1.93 bits per heavy atom. The highest BCUT2D eigenvalue weighted by atomic mass is 14.5. The van der Waals surface area contributed by atoms with Gasteiger partial charge in [0.15, 0.2) is 0 Å². The van der Waals surface area contributed by atoms with Gasteiger partial charge in [0.05, 0.1) is 0 Å². The highest BCUT2D eigenvalue weighted by Gasteiger charge is 2.42. The molecule has 0 amide bonds. The van der Waals surface area contributed by atoms with Gasteiger partial charge in [-0.3, -0.25) is 0 Å². The van der Waals surface area contributed by atoms with Crippen LogP contribution in [-0.4, -0.2) is 0 Å². The van der Waals surface area contributed by atoms with Crippen LogP contribution in [-0.2, 0) is 0 Å². The summed E-state index contributed by atoms with van der Waals surface area (Å²) in [5.74, 6) is 5.31. The Balaban J connectivity index is 1.56. The van der Waals surface area contributed by atoms with Crippen LogP contribution in [0.15, 0.2) is 0 Å². The van der Waals surface area contributed by atoms with Crippen molar-refractivity contribution in [3.8, 4) is 0 Å². The summed E-state index contributed by atoms with van der Waals surface area (Å²) in [6.45, 7) is 0. The minimum Gasteiger partial charge on any atom is -0.0533 e. The van der Waals surface area contributed by atoms with Crippen LogP contribution >= 0.6 is 0 Å². The van der Waals surface area contributed by atoms with E-state index in [9.17, 15) is 0 Å². The van der Waals surface area contributed by atoms with Gasteiger partial charge in [0.1, 0.15) is 0 Å². The van der Waals surface area contributed by atoms with Gasteiger partial charge < -0.3 is 0 Å². The minimum atomic E-state index is 1.07. The van der Waals surface area contributed by atoms with Crippen molar-refractivity contribution >= 4 is 0 Å². The largest absolute Gasteiger partial charge is 0.0533 e. The summed E-state index contributed by atoms with van der Waals surface area (Å²) in [6, 6.07) is 0. The molecule has 0 N–H and O–H groups in total. The molecule has 0 nitrogen and oxygen atoms in total. The van der Waals surface area contributed by atoms with Crippen LogP contribution in [0.3, 0.4) is 0 Å². The smallest absolute Gasteiger partial charge is 0.0176 e. The van der Waals surface area contributed by atoms with Gasteiger partial charge in [0.2, 0.25) is 0 Å². The summed E-state index contributed by atoms with van der Waals surface area (Å²) in [6.07, 6.45) is 16.9.